The number of hydrogen-bond acceptors (Lipinski definition) is 3. The number of guanidine groups is 1. The van der Waals surface area contributed by atoms with E-state index in [2.05, 4.69) is 41.7 Å². The molecule has 0 fully saturated rings. The van der Waals surface area contributed by atoms with Crippen LogP contribution in [-0.2, 0) is 4.74 Å². The van der Waals surface area contributed by atoms with Crippen molar-refractivity contribution in [2.45, 2.75) is 40.7 Å². The van der Waals surface area contributed by atoms with Gasteiger partial charge in [0.1, 0.15) is 5.82 Å². The number of methoxy groups -OCH3 is 1. The molecular formula is C20H34FIN4O2. The van der Waals surface area contributed by atoms with Crippen molar-refractivity contribution in [3.8, 4) is 0 Å². The molecule has 1 atom stereocenters. The molecule has 0 saturated carbocycles. The maximum Gasteiger partial charge on any atom is 0.251 e. The second-order valence-electron chi connectivity index (χ2n) is 7.46. The van der Waals surface area contributed by atoms with Gasteiger partial charge in [0, 0.05) is 32.3 Å². The number of nitrogens with zero attached hydrogens (tertiary/aromatic N) is 1. The van der Waals surface area contributed by atoms with Crippen LogP contribution < -0.4 is 16.0 Å². The summed E-state index contributed by atoms with van der Waals surface area (Å²) in [5.74, 6) is -0.0156. The number of ether oxygens (including phenoxy) is 1. The summed E-state index contributed by atoms with van der Waals surface area (Å²) in [5, 5.41) is 9.11. The number of nitrogens with one attached hydrogen (secondary N) is 3. The predicted octanol–water partition coefficient (Wildman–Crippen LogP) is 3.10. The first-order chi connectivity index (χ1) is 12.7. The minimum absolute atomic E-state index is 0. The average molecular weight is 508 g/mol. The zero-order valence-corrected chi connectivity index (χ0v) is 20.0. The van der Waals surface area contributed by atoms with E-state index in [1.54, 1.807) is 26.2 Å². The van der Waals surface area contributed by atoms with Gasteiger partial charge in [-0.05, 0) is 37.0 Å². The Morgan fingerprint density at radius 3 is 2.39 bits per heavy atom. The predicted molar refractivity (Wildman–Crippen MR) is 123 cm³/mol. The molecule has 3 N–H and O–H groups in total. The Morgan fingerprint density at radius 2 is 1.86 bits per heavy atom. The topological polar surface area (TPSA) is 74.8 Å². The monoisotopic (exact) mass is 508 g/mol. The lowest BCUT2D eigenvalue weighted by Gasteiger charge is -2.28. The van der Waals surface area contributed by atoms with E-state index < -0.39 is 0 Å². The average Bonchev–Trinajstić information content (AvgIpc) is 2.60. The summed E-state index contributed by atoms with van der Waals surface area (Å²) in [6.07, 6.45) is 0.00379. The van der Waals surface area contributed by atoms with Gasteiger partial charge in [-0.25, -0.2) is 4.39 Å². The molecule has 0 radical (unpaired) electrons. The summed E-state index contributed by atoms with van der Waals surface area (Å²) in [5.41, 5.74) is 0.823. The zero-order valence-electron chi connectivity index (χ0n) is 17.7. The Hall–Kier alpha value is -1.42. The van der Waals surface area contributed by atoms with Crippen LogP contribution in [0, 0.1) is 18.2 Å². The molecule has 8 heteroatoms. The number of aryl methyl sites for hydroxylation is 1. The van der Waals surface area contributed by atoms with Gasteiger partial charge in [-0.1, -0.05) is 26.8 Å². The minimum Gasteiger partial charge on any atom is -0.379 e. The molecule has 0 spiro atoms. The Bertz CT molecular complexity index is 648. The second kappa shape index (κ2) is 12.9. The first-order valence-electron chi connectivity index (χ1n) is 9.28. The second-order valence-corrected chi connectivity index (χ2v) is 7.46. The van der Waals surface area contributed by atoms with Crippen LogP contribution in [0.25, 0.3) is 0 Å². The molecule has 0 heterocycles. The lowest BCUT2D eigenvalue weighted by molar-refractivity contribution is 0.0241. The fourth-order valence-electron chi connectivity index (χ4n) is 2.41. The largest absolute Gasteiger partial charge is 0.379 e. The number of aliphatic imine (C=N–C) groups is 1. The highest BCUT2D eigenvalue weighted by molar-refractivity contribution is 14.0. The van der Waals surface area contributed by atoms with E-state index in [1.807, 2.05) is 6.92 Å². The van der Waals surface area contributed by atoms with Gasteiger partial charge in [-0.2, -0.15) is 0 Å². The summed E-state index contributed by atoms with van der Waals surface area (Å²) < 4.78 is 19.1. The van der Waals surface area contributed by atoms with Crippen molar-refractivity contribution in [2.24, 2.45) is 10.4 Å². The molecule has 1 aromatic rings. The van der Waals surface area contributed by atoms with Gasteiger partial charge >= 0.3 is 0 Å². The number of halogens is 2. The SMILES string of the molecule is CCNC(=NCC(OC)C(C)(C)C)NCCNC(=O)c1ccc(C)c(F)c1.I. The summed E-state index contributed by atoms with van der Waals surface area (Å²) in [6, 6.07) is 4.46. The number of carbonyl (C=O) groups is 1. The molecule has 1 aromatic carbocycles. The van der Waals surface area contributed by atoms with Crippen LogP contribution in [0.3, 0.4) is 0 Å². The van der Waals surface area contributed by atoms with Crippen molar-refractivity contribution >= 4 is 35.8 Å². The van der Waals surface area contributed by atoms with Crippen molar-refractivity contribution in [3.05, 3.63) is 35.1 Å². The normalized spacial score (nSPS) is 12.8. The number of benzene rings is 1. The summed E-state index contributed by atoms with van der Waals surface area (Å²) in [7, 11) is 1.69. The van der Waals surface area contributed by atoms with E-state index in [9.17, 15) is 9.18 Å². The summed E-state index contributed by atoms with van der Waals surface area (Å²) in [6.45, 7) is 12.1. The van der Waals surface area contributed by atoms with Gasteiger partial charge in [-0.3, -0.25) is 9.79 Å². The third-order valence-corrected chi connectivity index (χ3v) is 4.15. The van der Waals surface area contributed by atoms with Crippen molar-refractivity contribution in [2.75, 3.05) is 33.3 Å². The van der Waals surface area contributed by atoms with Gasteiger partial charge in [0.25, 0.3) is 5.91 Å². The van der Waals surface area contributed by atoms with Crippen LogP contribution in [0.4, 0.5) is 4.39 Å². The number of rotatable bonds is 8. The van der Waals surface area contributed by atoms with Crippen LogP contribution in [-0.4, -0.2) is 51.3 Å². The summed E-state index contributed by atoms with van der Waals surface area (Å²) in [4.78, 5) is 16.6. The van der Waals surface area contributed by atoms with Crippen molar-refractivity contribution in [1.82, 2.24) is 16.0 Å². The maximum absolute atomic E-state index is 13.6. The summed E-state index contributed by atoms with van der Waals surface area (Å²) >= 11 is 0. The standard InChI is InChI=1S/C20H33FN4O2.HI/c1-7-22-19(25-13-17(27-6)20(3,4)5)24-11-10-23-18(26)15-9-8-14(2)16(21)12-15;/h8-9,12,17H,7,10-11,13H2,1-6H3,(H,23,26)(H2,22,24,25);1H. The van der Waals surface area contributed by atoms with Crippen LogP contribution in [0.2, 0.25) is 0 Å². The quantitative estimate of drug-likeness (QED) is 0.219. The minimum atomic E-state index is -0.381. The fraction of sp³-hybridized carbons (Fsp3) is 0.600. The molecule has 6 nitrogen and oxygen atoms in total. The van der Waals surface area contributed by atoms with Crippen molar-refractivity contribution in [3.63, 3.8) is 0 Å². The van der Waals surface area contributed by atoms with Crippen LogP contribution in [0.1, 0.15) is 43.6 Å². The molecule has 0 aliphatic carbocycles. The maximum atomic E-state index is 13.6. The molecule has 0 aliphatic heterocycles. The molecular weight excluding hydrogens is 474 g/mol. The fourth-order valence-corrected chi connectivity index (χ4v) is 2.41. The highest BCUT2D eigenvalue weighted by atomic mass is 127. The number of carbonyl (C=O) groups excluding carboxylic acids is 1. The molecule has 28 heavy (non-hydrogen) atoms. The first kappa shape index (κ1) is 26.6. The van der Waals surface area contributed by atoms with Crippen LogP contribution in [0.5, 0.6) is 0 Å². The first-order valence-corrected chi connectivity index (χ1v) is 9.28. The van der Waals surface area contributed by atoms with Gasteiger partial charge in [-0.15, -0.1) is 24.0 Å². The van der Waals surface area contributed by atoms with Crippen molar-refractivity contribution in [1.29, 1.82) is 0 Å². The third-order valence-electron chi connectivity index (χ3n) is 4.15. The molecule has 0 saturated heterocycles. The Balaban J connectivity index is 0.00000729. The molecule has 1 amide bonds. The number of hydrogen-bond donors (Lipinski definition) is 3. The molecule has 1 unspecified atom stereocenters. The molecule has 0 aliphatic rings. The lowest BCUT2D eigenvalue weighted by atomic mass is 9.89. The molecule has 160 valence electrons. The highest BCUT2D eigenvalue weighted by Crippen LogP contribution is 2.21. The van der Waals surface area contributed by atoms with Crippen molar-refractivity contribution < 1.29 is 13.9 Å². The van der Waals surface area contributed by atoms with E-state index in [-0.39, 0.29) is 47.2 Å². The smallest absolute Gasteiger partial charge is 0.251 e. The van der Waals surface area contributed by atoms with E-state index >= 15 is 0 Å². The van der Waals surface area contributed by atoms with E-state index in [4.69, 9.17) is 4.74 Å². The van der Waals surface area contributed by atoms with Gasteiger partial charge in [0.2, 0.25) is 0 Å². The Morgan fingerprint density at radius 1 is 1.21 bits per heavy atom. The van der Waals surface area contributed by atoms with E-state index in [1.165, 1.54) is 6.07 Å². The van der Waals surface area contributed by atoms with Crippen LogP contribution in [0.15, 0.2) is 23.2 Å². The molecule has 0 bridgehead atoms. The Kier molecular flexibility index (Phi) is 12.3. The zero-order chi connectivity index (χ0) is 20.4. The van der Waals surface area contributed by atoms with Gasteiger partial charge in [0.05, 0.1) is 12.6 Å². The third kappa shape index (κ3) is 9.18. The Labute approximate surface area is 185 Å². The molecule has 0 aromatic heterocycles. The van der Waals surface area contributed by atoms with E-state index in [0.717, 1.165) is 6.54 Å². The van der Waals surface area contributed by atoms with Crippen LogP contribution >= 0.6 is 24.0 Å². The van der Waals surface area contributed by atoms with Gasteiger partial charge < -0.3 is 20.7 Å². The molecule has 1 rings (SSSR count). The highest BCUT2D eigenvalue weighted by Gasteiger charge is 2.24. The number of amides is 1. The lowest BCUT2D eigenvalue weighted by Crippen LogP contribution is -2.42. The van der Waals surface area contributed by atoms with E-state index in [0.29, 0.717) is 36.7 Å². The van der Waals surface area contributed by atoms with Gasteiger partial charge in [0.15, 0.2) is 5.96 Å².